The smallest absolute Gasteiger partial charge is 0.407 e. The van der Waals surface area contributed by atoms with Crippen molar-refractivity contribution < 1.29 is 19.1 Å². The molecule has 1 aromatic carbocycles. The molecule has 1 aliphatic rings. The predicted octanol–water partition coefficient (Wildman–Crippen LogP) is 5.62. The Labute approximate surface area is 197 Å². The molecule has 4 aromatic rings. The van der Waals surface area contributed by atoms with Crippen LogP contribution in [0.15, 0.2) is 65.7 Å². The van der Waals surface area contributed by atoms with Crippen molar-refractivity contribution in [1.29, 1.82) is 0 Å². The van der Waals surface area contributed by atoms with Crippen molar-refractivity contribution >= 4 is 17.0 Å². The van der Waals surface area contributed by atoms with E-state index in [2.05, 4.69) is 30.7 Å². The second-order valence-electron chi connectivity index (χ2n) is 9.77. The average molecular weight is 461 g/mol. The lowest BCUT2D eigenvalue weighted by atomic mass is 9.80. The first kappa shape index (κ1) is 22.0. The lowest BCUT2D eigenvalue weighted by molar-refractivity contribution is 0.0129. The Bertz CT molecular complexity index is 1290. The lowest BCUT2D eigenvalue weighted by Crippen LogP contribution is -2.53. The van der Waals surface area contributed by atoms with E-state index in [1.165, 1.54) is 0 Å². The molecule has 3 aromatic heterocycles. The third-order valence-electron chi connectivity index (χ3n) is 6.44. The van der Waals surface area contributed by atoms with Crippen molar-refractivity contribution in [1.82, 2.24) is 19.4 Å². The maximum absolute atomic E-state index is 11.7. The monoisotopic (exact) mass is 460 g/mol. The number of amides is 1. The molecule has 1 fully saturated rings. The van der Waals surface area contributed by atoms with Gasteiger partial charge in [0.05, 0.1) is 17.9 Å². The first-order valence-electron chi connectivity index (χ1n) is 11.4. The fourth-order valence-corrected chi connectivity index (χ4v) is 4.71. The highest BCUT2D eigenvalue weighted by Crippen LogP contribution is 2.34. The Morgan fingerprint density at radius 3 is 2.71 bits per heavy atom. The van der Waals surface area contributed by atoms with Crippen LogP contribution in [0.5, 0.6) is 5.75 Å². The fourth-order valence-electron chi connectivity index (χ4n) is 4.71. The van der Waals surface area contributed by atoms with Gasteiger partial charge < -0.3 is 23.7 Å². The molecule has 4 heterocycles. The van der Waals surface area contributed by atoms with Gasteiger partial charge in [0.25, 0.3) is 0 Å². The molecule has 0 spiro atoms. The van der Waals surface area contributed by atoms with E-state index < -0.39 is 6.09 Å². The van der Waals surface area contributed by atoms with Gasteiger partial charge in [-0.3, -0.25) is 0 Å². The molecule has 0 saturated carbocycles. The number of likely N-dealkylation sites (tertiary alicyclic amines) is 1. The summed E-state index contributed by atoms with van der Waals surface area (Å²) in [6.45, 7) is 6.68. The van der Waals surface area contributed by atoms with Gasteiger partial charge in [-0.05, 0) is 41.8 Å². The molecule has 0 aliphatic carbocycles. The number of benzene rings is 1. The van der Waals surface area contributed by atoms with Crippen LogP contribution < -0.4 is 4.74 Å². The van der Waals surface area contributed by atoms with Crippen LogP contribution >= 0.6 is 0 Å². The number of carbonyl (C=O) groups is 1. The molecule has 176 valence electrons. The van der Waals surface area contributed by atoms with Crippen LogP contribution in [0.2, 0.25) is 0 Å². The molecule has 8 heteroatoms. The van der Waals surface area contributed by atoms with E-state index in [4.69, 9.17) is 9.15 Å². The van der Waals surface area contributed by atoms with E-state index in [0.717, 1.165) is 22.3 Å². The summed E-state index contributed by atoms with van der Waals surface area (Å²) in [5.41, 5.74) is 1.80. The first-order chi connectivity index (χ1) is 16.3. The minimum absolute atomic E-state index is 0.0477. The second kappa shape index (κ2) is 8.52. The second-order valence-corrected chi connectivity index (χ2v) is 9.77. The minimum Gasteiger partial charge on any atom is -0.489 e. The number of aromatic nitrogens is 3. The number of ether oxygens (including phenoxy) is 1. The minimum atomic E-state index is -0.865. The van der Waals surface area contributed by atoms with Gasteiger partial charge in [-0.1, -0.05) is 20.8 Å². The number of hydrogen-bond acceptors (Lipinski definition) is 5. The SMILES string of the molecule is CC(C)(C)C1CC(Oc2ccc(-n3ccc4cc(-c5ncco5)ccc43)nc2)CCN1C(=O)O. The van der Waals surface area contributed by atoms with Crippen LogP contribution in [0.1, 0.15) is 33.6 Å². The molecule has 0 radical (unpaired) electrons. The highest BCUT2D eigenvalue weighted by atomic mass is 16.5. The molecule has 1 N–H and O–H groups in total. The quantitative estimate of drug-likeness (QED) is 0.425. The Morgan fingerprint density at radius 1 is 1.18 bits per heavy atom. The molecule has 8 nitrogen and oxygen atoms in total. The van der Waals surface area contributed by atoms with Gasteiger partial charge in [0.15, 0.2) is 0 Å². The van der Waals surface area contributed by atoms with Crippen LogP contribution in [0.3, 0.4) is 0 Å². The first-order valence-corrected chi connectivity index (χ1v) is 11.4. The summed E-state index contributed by atoms with van der Waals surface area (Å²) in [4.78, 5) is 22.0. The van der Waals surface area contributed by atoms with Crippen LogP contribution in [0.25, 0.3) is 28.2 Å². The Kier molecular flexibility index (Phi) is 5.51. The molecule has 1 aliphatic heterocycles. The Morgan fingerprint density at radius 2 is 2.03 bits per heavy atom. The third kappa shape index (κ3) is 4.23. The summed E-state index contributed by atoms with van der Waals surface area (Å²) >= 11 is 0. The van der Waals surface area contributed by atoms with Crippen LogP contribution in [0.4, 0.5) is 4.79 Å². The molecule has 0 bridgehead atoms. The molecule has 2 unspecified atom stereocenters. The molecule has 5 rings (SSSR count). The topological polar surface area (TPSA) is 93.6 Å². The van der Waals surface area contributed by atoms with Crippen molar-refractivity contribution in [3.8, 4) is 23.0 Å². The summed E-state index contributed by atoms with van der Waals surface area (Å²) in [5.74, 6) is 2.07. The maximum atomic E-state index is 11.7. The molecule has 1 saturated heterocycles. The number of carboxylic acid groups (broad SMARTS) is 1. The largest absolute Gasteiger partial charge is 0.489 e. The molecular weight excluding hydrogens is 432 g/mol. The van der Waals surface area contributed by atoms with Gasteiger partial charge in [0.1, 0.15) is 23.9 Å². The Balaban J connectivity index is 1.31. The standard InChI is InChI=1S/C26H28N4O4/c1-26(2,3)22-15-19(9-12-30(22)25(31)32)34-20-5-7-23(28-16-20)29-11-8-17-14-18(4-6-21(17)29)24-27-10-13-33-24/h4-8,10-11,13-14,16,19,22H,9,12,15H2,1-3H3,(H,31,32). The average Bonchev–Trinajstić information content (AvgIpc) is 3.49. The van der Waals surface area contributed by atoms with Crippen LogP contribution in [-0.4, -0.2) is 49.3 Å². The number of nitrogens with zero attached hydrogens (tertiary/aromatic N) is 4. The van der Waals surface area contributed by atoms with Crippen molar-refractivity contribution in [2.75, 3.05) is 6.54 Å². The molecule has 34 heavy (non-hydrogen) atoms. The third-order valence-corrected chi connectivity index (χ3v) is 6.44. The van der Waals surface area contributed by atoms with Gasteiger partial charge in [-0.25, -0.2) is 14.8 Å². The van der Waals surface area contributed by atoms with E-state index >= 15 is 0 Å². The van der Waals surface area contributed by atoms with Crippen molar-refractivity contribution in [2.45, 2.75) is 45.8 Å². The van der Waals surface area contributed by atoms with E-state index in [0.29, 0.717) is 31.0 Å². The zero-order chi connectivity index (χ0) is 23.9. The van der Waals surface area contributed by atoms with Crippen molar-refractivity contribution in [2.24, 2.45) is 5.41 Å². The number of pyridine rings is 1. The van der Waals surface area contributed by atoms with Crippen molar-refractivity contribution in [3.05, 3.63) is 61.3 Å². The van der Waals surface area contributed by atoms with E-state index in [1.54, 1.807) is 23.6 Å². The fraction of sp³-hybridized carbons (Fsp3) is 0.346. The van der Waals surface area contributed by atoms with Gasteiger partial charge in [0, 0.05) is 42.6 Å². The van der Waals surface area contributed by atoms with Crippen molar-refractivity contribution in [3.63, 3.8) is 0 Å². The van der Waals surface area contributed by atoms with Gasteiger partial charge in [-0.2, -0.15) is 0 Å². The number of rotatable bonds is 4. The summed E-state index contributed by atoms with van der Waals surface area (Å²) in [6, 6.07) is 11.9. The van der Waals surface area contributed by atoms with Gasteiger partial charge >= 0.3 is 6.09 Å². The number of piperidine rings is 1. The summed E-state index contributed by atoms with van der Waals surface area (Å²) < 4.78 is 13.6. The zero-order valence-electron chi connectivity index (χ0n) is 19.5. The van der Waals surface area contributed by atoms with E-state index in [1.807, 2.05) is 47.2 Å². The lowest BCUT2D eigenvalue weighted by Gasteiger charge is -2.44. The number of fused-ring (bicyclic) bond motifs is 1. The van der Waals surface area contributed by atoms with E-state index in [-0.39, 0.29) is 17.6 Å². The highest BCUT2D eigenvalue weighted by molar-refractivity contribution is 5.85. The Hall–Kier alpha value is -3.81. The van der Waals surface area contributed by atoms with Gasteiger partial charge in [0.2, 0.25) is 5.89 Å². The maximum Gasteiger partial charge on any atom is 0.407 e. The zero-order valence-corrected chi connectivity index (χ0v) is 19.5. The number of hydrogen-bond donors (Lipinski definition) is 1. The van der Waals surface area contributed by atoms with Crippen LogP contribution in [0, 0.1) is 5.41 Å². The number of oxazole rings is 1. The highest BCUT2D eigenvalue weighted by Gasteiger charge is 2.39. The van der Waals surface area contributed by atoms with Gasteiger partial charge in [-0.15, -0.1) is 0 Å². The summed E-state index contributed by atoms with van der Waals surface area (Å²) in [6.07, 6.45) is 7.33. The molecular formula is C26H28N4O4. The van der Waals surface area contributed by atoms with E-state index in [9.17, 15) is 9.90 Å². The van der Waals surface area contributed by atoms with Crippen LogP contribution in [-0.2, 0) is 0 Å². The normalized spacial score (nSPS) is 18.9. The molecule has 2 atom stereocenters. The summed E-state index contributed by atoms with van der Waals surface area (Å²) in [7, 11) is 0. The predicted molar refractivity (Wildman–Crippen MR) is 128 cm³/mol. The molecule has 1 amide bonds. The summed E-state index contributed by atoms with van der Waals surface area (Å²) in [5, 5.41) is 10.6.